The maximum absolute atomic E-state index is 12.9. The molecule has 1 aromatic rings. The minimum Gasteiger partial charge on any atom is -0.366 e. The first-order chi connectivity index (χ1) is 11.2. The van der Waals surface area contributed by atoms with E-state index in [-0.39, 0.29) is 18.9 Å². The number of halogens is 3. The number of nitrogens with one attached hydrogen (secondary N) is 1. The minimum absolute atomic E-state index is 0.100. The fraction of sp³-hybridized carbons (Fsp3) is 0.500. The van der Waals surface area contributed by atoms with Crippen molar-refractivity contribution in [3.8, 4) is 0 Å². The second-order valence-corrected chi connectivity index (χ2v) is 5.98. The van der Waals surface area contributed by atoms with Crippen molar-refractivity contribution in [3.63, 3.8) is 0 Å². The van der Waals surface area contributed by atoms with Gasteiger partial charge in [0.1, 0.15) is 0 Å². The molecule has 1 aliphatic heterocycles. The molecule has 3 N–H and O–H groups in total. The predicted octanol–water partition coefficient (Wildman–Crippen LogP) is 2.39. The van der Waals surface area contributed by atoms with Gasteiger partial charge in [-0.3, -0.25) is 14.5 Å². The zero-order chi connectivity index (χ0) is 17.9. The first-order valence-corrected chi connectivity index (χ1v) is 7.70. The number of benzene rings is 1. The van der Waals surface area contributed by atoms with E-state index < -0.39 is 24.0 Å². The predicted molar refractivity (Wildman–Crippen MR) is 83.4 cm³/mol. The van der Waals surface area contributed by atoms with E-state index in [9.17, 15) is 22.8 Å². The van der Waals surface area contributed by atoms with Crippen LogP contribution in [-0.2, 0) is 4.79 Å². The summed E-state index contributed by atoms with van der Waals surface area (Å²) in [5.41, 5.74) is 5.90. The Morgan fingerprint density at radius 1 is 1.29 bits per heavy atom. The largest absolute Gasteiger partial charge is 0.393 e. The van der Waals surface area contributed by atoms with Crippen molar-refractivity contribution in [2.75, 3.05) is 18.4 Å². The lowest BCUT2D eigenvalue weighted by atomic mass is 9.96. The van der Waals surface area contributed by atoms with Gasteiger partial charge in [0, 0.05) is 17.8 Å². The maximum atomic E-state index is 12.9. The third-order valence-electron chi connectivity index (χ3n) is 4.28. The third kappa shape index (κ3) is 4.47. The van der Waals surface area contributed by atoms with Crippen LogP contribution in [0.1, 0.15) is 30.1 Å². The van der Waals surface area contributed by atoms with Crippen LogP contribution in [0.15, 0.2) is 24.3 Å². The average molecular weight is 343 g/mol. The molecule has 0 saturated carbocycles. The van der Waals surface area contributed by atoms with E-state index in [1.54, 1.807) is 11.8 Å². The summed E-state index contributed by atoms with van der Waals surface area (Å²) in [7, 11) is 0. The summed E-state index contributed by atoms with van der Waals surface area (Å²) >= 11 is 0. The highest BCUT2D eigenvalue weighted by molar-refractivity contribution is 5.96. The quantitative estimate of drug-likeness (QED) is 0.881. The molecule has 1 saturated heterocycles. The second-order valence-electron chi connectivity index (χ2n) is 5.98. The molecule has 2 rings (SSSR count). The summed E-state index contributed by atoms with van der Waals surface area (Å²) in [5.74, 6) is -2.35. The van der Waals surface area contributed by atoms with Crippen LogP contribution in [0.2, 0.25) is 0 Å². The van der Waals surface area contributed by atoms with Crippen LogP contribution in [-0.4, -0.2) is 42.0 Å². The van der Waals surface area contributed by atoms with Crippen LogP contribution in [0.4, 0.5) is 18.9 Å². The van der Waals surface area contributed by atoms with E-state index in [1.807, 2.05) is 0 Å². The van der Waals surface area contributed by atoms with E-state index in [1.165, 1.54) is 24.3 Å². The van der Waals surface area contributed by atoms with Gasteiger partial charge in [-0.25, -0.2) is 0 Å². The third-order valence-corrected chi connectivity index (χ3v) is 4.28. The van der Waals surface area contributed by atoms with E-state index in [4.69, 9.17) is 5.73 Å². The highest BCUT2D eigenvalue weighted by Crippen LogP contribution is 2.33. The number of nitrogens with two attached hydrogens (primary N) is 1. The first kappa shape index (κ1) is 18.3. The van der Waals surface area contributed by atoms with Gasteiger partial charge in [0.05, 0.1) is 12.0 Å². The smallest absolute Gasteiger partial charge is 0.366 e. The fourth-order valence-corrected chi connectivity index (χ4v) is 2.76. The topological polar surface area (TPSA) is 75.4 Å². The Labute approximate surface area is 138 Å². The van der Waals surface area contributed by atoms with Gasteiger partial charge in [0.25, 0.3) is 0 Å². The SMILES string of the molecule is C[C@@H](C(=O)Nc1ccc(C(N)=O)cc1)N1CCC[C@H](C(F)(F)F)C1. The number of hydrogen-bond donors (Lipinski definition) is 2. The number of piperidine rings is 1. The number of carbonyl (C=O) groups is 2. The molecular weight excluding hydrogens is 323 g/mol. The highest BCUT2D eigenvalue weighted by Gasteiger charge is 2.43. The monoisotopic (exact) mass is 343 g/mol. The van der Waals surface area contributed by atoms with E-state index >= 15 is 0 Å². The lowest BCUT2D eigenvalue weighted by Gasteiger charge is -2.36. The zero-order valence-corrected chi connectivity index (χ0v) is 13.3. The molecule has 8 heteroatoms. The van der Waals surface area contributed by atoms with Crippen molar-refractivity contribution in [1.82, 2.24) is 4.90 Å². The molecule has 0 radical (unpaired) electrons. The Morgan fingerprint density at radius 3 is 2.46 bits per heavy atom. The van der Waals surface area contributed by atoms with Crippen LogP contribution in [0, 0.1) is 5.92 Å². The first-order valence-electron chi connectivity index (χ1n) is 7.70. The van der Waals surface area contributed by atoms with Crippen molar-refractivity contribution in [3.05, 3.63) is 29.8 Å². The Morgan fingerprint density at radius 2 is 1.92 bits per heavy atom. The van der Waals surface area contributed by atoms with E-state index in [0.717, 1.165) is 0 Å². The van der Waals surface area contributed by atoms with Crippen LogP contribution in [0.3, 0.4) is 0 Å². The molecule has 2 atom stereocenters. The Bertz CT molecular complexity index is 602. The normalized spacial score (nSPS) is 20.4. The van der Waals surface area contributed by atoms with Gasteiger partial charge >= 0.3 is 6.18 Å². The lowest BCUT2D eigenvalue weighted by Crippen LogP contribution is -2.49. The zero-order valence-electron chi connectivity index (χ0n) is 13.3. The van der Waals surface area contributed by atoms with E-state index in [0.29, 0.717) is 24.2 Å². The summed E-state index contributed by atoms with van der Waals surface area (Å²) in [4.78, 5) is 24.8. The van der Waals surface area contributed by atoms with Crippen LogP contribution < -0.4 is 11.1 Å². The van der Waals surface area contributed by atoms with Crippen LogP contribution in [0.5, 0.6) is 0 Å². The number of anilines is 1. The maximum Gasteiger partial charge on any atom is 0.393 e. The molecule has 0 unspecified atom stereocenters. The van der Waals surface area contributed by atoms with Gasteiger partial charge in [-0.15, -0.1) is 0 Å². The fourth-order valence-electron chi connectivity index (χ4n) is 2.76. The number of primary amides is 1. The molecule has 0 spiro atoms. The van der Waals surface area contributed by atoms with Gasteiger partial charge in [0.15, 0.2) is 0 Å². The van der Waals surface area contributed by atoms with Crippen molar-refractivity contribution in [2.24, 2.45) is 11.7 Å². The lowest BCUT2D eigenvalue weighted by molar-refractivity contribution is -0.188. The van der Waals surface area contributed by atoms with Crippen molar-refractivity contribution < 1.29 is 22.8 Å². The summed E-state index contributed by atoms with van der Waals surface area (Å²) < 4.78 is 38.6. The molecule has 0 aromatic heterocycles. The number of likely N-dealkylation sites (tertiary alicyclic amines) is 1. The molecule has 5 nitrogen and oxygen atoms in total. The van der Waals surface area contributed by atoms with Crippen LogP contribution in [0.25, 0.3) is 0 Å². The number of alkyl halides is 3. The molecule has 1 fully saturated rings. The Balaban J connectivity index is 1.97. The number of carbonyl (C=O) groups excluding carboxylic acids is 2. The molecule has 1 aromatic carbocycles. The summed E-state index contributed by atoms with van der Waals surface area (Å²) in [6.07, 6.45) is -3.72. The summed E-state index contributed by atoms with van der Waals surface area (Å²) in [6.45, 7) is 1.88. The molecule has 1 aliphatic rings. The van der Waals surface area contributed by atoms with Crippen molar-refractivity contribution in [2.45, 2.75) is 32.0 Å². The van der Waals surface area contributed by atoms with Gasteiger partial charge in [-0.2, -0.15) is 13.2 Å². The standard InChI is InChI=1S/C16H20F3N3O2/c1-10(22-8-2-3-12(9-22)16(17,18)19)15(24)21-13-6-4-11(5-7-13)14(20)23/h4-7,10,12H,2-3,8-9H2,1H3,(H2,20,23)(H,21,24)/t10-,12-/m0/s1. The van der Waals surface area contributed by atoms with Gasteiger partial charge in [-0.1, -0.05) is 0 Å². The van der Waals surface area contributed by atoms with Gasteiger partial charge < -0.3 is 11.1 Å². The molecule has 2 amide bonds. The molecule has 0 bridgehead atoms. The Hall–Kier alpha value is -2.09. The van der Waals surface area contributed by atoms with E-state index in [2.05, 4.69) is 5.32 Å². The summed E-state index contributed by atoms with van der Waals surface area (Å²) in [6, 6.07) is 5.33. The number of hydrogen-bond acceptors (Lipinski definition) is 3. The van der Waals surface area contributed by atoms with Crippen molar-refractivity contribution in [1.29, 1.82) is 0 Å². The average Bonchev–Trinajstić information content (AvgIpc) is 2.54. The van der Waals surface area contributed by atoms with Crippen molar-refractivity contribution >= 4 is 17.5 Å². The molecule has 0 aliphatic carbocycles. The van der Waals surface area contributed by atoms with Gasteiger partial charge in [-0.05, 0) is 50.6 Å². The molecular formula is C16H20F3N3O2. The summed E-state index contributed by atoms with van der Waals surface area (Å²) in [5, 5.41) is 2.64. The highest BCUT2D eigenvalue weighted by atomic mass is 19.4. The molecule has 1 heterocycles. The number of amides is 2. The van der Waals surface area contributed by atoms with Gasteiger partial charge in [0.2, 0.25) is 11.8 Å². The number of rotatable bonds is 4. The minimum atomic E-state index is -4.24. The Kier molecular flexibility index (Phi) is 5.48. The molecule has 132 valence electrons. The van der Waals surface area contributed by atoms with Crippen LogP contribution >= 0.6 is 0 Å². The second kappa shape index (κ2) is 7.21. The number of nitrogens with zero attached hydrogens (tertiary/aromatic N) is 1. The molecule has 24 heavy (non-hydrogen) atoms.